The van der Waals surface area contributed by atoms with Gasteiger partial charge in [-0.25, -0.2) is 0 Å². The first kappa shape index (κ1) is 29.5. The van der Waals surface area contributed by atoms with E-state index in [4.69, 9.17) is 9.47 Å². The van der Waals surface area contributed by atoms with Gasteiger partial charge in [-0.15, -0.1) is 11.8 Å². The number of thioether (sulfide) groups is 1. The third-order valence-corrected chi connectivity index (χ3v) is 9.89. The minimum Gasteiger partial charge on any atom is -0.497 e. The highest BCUT2D eigenvalue weighted by atomic mass is 79.9. The van der Waals surface area contributed by atoms with Crippen molar-refractivity contribution in [1.29, 1.82) is 0 Å². The van der Waals surface area contributed by atoms with E-state index in [1.807, 2.05) is 73.3 Å². The maximum absolute atomic E-state index is 12.4. The van der Waals surface area contributed by atoms with Crippen LogP contribution in [0.1, 0.15) is 22.3 Å². The normalized spacial score (nSPS) is 11.3. The highest BCUT2D eigenvalue weighted by Gasteiger charge is 2.10. The van der Waals surface area contributed by atoms with E-state index in [0.29, 0.717) is 5.75 Å². The summed E-state index contributed by atoms with van der Waals surface area (Å²) in [6.07, 6.45) is 0. The van der Waals surface area contributed by atoms with Crippen molar-refractivity contribution in [2.24, 2.45) is 0 Å². The molecule has 0 aliphatic carbocycles. The topological polar surface area (TPSA) is 35.5 Å². The predicted octanol–water partition coefficient (Wildman–Crippen LogP) is 9.13. The van der Waals surface area contributed by atoms with Crippen molar-refractivity contribution in [3.63, 3.8) is 0 Å². The number of aryl methyl sites for hydroxylation is 2. The van der Waals surface area contributed by atoms with E-state index >= 15 is 0 Å². The molecule has 0 aliphatic heterocycles. The lowest BCUT2D eigenvalue weighted by Crippen LogP contribution is -1.98. The first-order valence-corrected chi connectivity index (χ1v) is 15.5. The molecule has 4 rings (SSSR count). The van der Waals surface area contributed by atoms with Crippen molar-refractivity contribution in [2.45, 2.75) is 35.1 Å². The highest BCUT2D eigenvalue weighted by Crippen LogP contribution is 2.31. The third kappa shape index (κ3) is 9.32. The SMILES string of the molecule is COc1ccc(CS(=O)c2cc(C)ccc2Br)cc1.COc1ccc(CSc2cc(C)ccc2Br)cc1. The van der Waals surface area contributed by atoms with Crippen LogP contribution in [0.3, 0.4) is 0 Å². The van der Waals surface area contributed by atoms with Gasteiger partial charge in [0.25, 0.3) is 0 Å². The zero-order chi connectivity index (χ0) is 26.8. The van der Waals surface area contributed by atoms with Crippen LogP contribution in [0.2, 0.25) is 0 Å². The molecule has 0 bridgehead atoms. The van der Waals surface area contributed by atoms with E-state index < -0.39 is 10.8 Å². The van der Waals surface area contributed by atoms with Crippen molar-refractivity contribution in [1.82, 2.24) is 0 Å². The van der Waals surface area contributed by atoms with Crippen LogP contribution < -0.4 is 9.47 Å². The zero-order valence-electron chi connectivity index (χ0n) is 21.3. The molecule has 0 heterocycles. The van der Waals surface area contributed by atoms with Crippen molar-refractivity contribution in [3.05, 3.63) is 116 Å². The summed E-state index contributed by atoms with van der Waals surface area (Å²) < 4.78 is 24.7. The van der Waals surface area contributed by atoms with Gasteiger partial charge in [0.2, 0.25) is 0 Å². The summed E-state index contributed by atoms with van der Waals surface area (Å²) in [7, 11) is 2.27. The molecule has 194 valence electrons. The maximum atomic E-state index is 12.4. The molecule has 1 unspecified atom stereocenters. The summed E-state index contributed by atoms with van der Waals surface area (Å²) in [5.41, 5.74) is 4.73. The Morgan fingerprint density at radius 3 is 1.78 bits per heavy atom. The van der Waals surface area contributed by atoms with Crippen molar-refractivity contribution in [2.75, 3.05) is 14.2 Å². The molecule has 0 saturated heterocycles. The molecule has 0 fully saturated rings. The molecule has 4 aromatic carbocycles. The fourth-order valence-electron chi connectivity index (χ4n) is 3.34. The number of benzene rings is 4. The summed E-state index contributed by atoms with van der Waals surface area (Å²) in [4.78, 5) is 2.13. The van der Waals surface area contributed by atoms with Gasteiger partial charge in [-0.2, -0.15) is 0 Å². The van der Waals surface area contributed by atoms with Gasteiger partial charge in [0.1, 0.15) is 11.5 Å². The Kier molecular flexibility index (Phi) is 11.8. The summed E-state index contributed by atoms with van der Waals surface area (Å²) in [5, 5.41) is 0. The molecule has 0 aliphatic rings. The molecule has 1 atom stereocenters. The second-order valence-corrected chi connectivity index (χ2v) is 12.5. The van der Waals surface area contributed by atoms with Gasteiger partial charge in [0.15, 0.2) is 0 Å². The molecule has 0 radical (unpaired) electrons. The van der Waals surface area contributed by atoms with Gasteiger partial charge in [0.05, 0.1) is 35.7 Å². The van der Waals surface area contributed by atoms with E-state index in [1.165, 1.54) is 16.0 Å². The Labute approximate surface area is 243 Å². The van der Waals surface area contributed by atoms with Crippen molar-refractivity contribution in [3.8, 4) is 11.5 Å². The molecular formula is C30H30Br2O3S2. The van der Waals surface area contributed by atoms with E-state index in [1.54, 1.807) is 14.2 Å². The maximum Gasteiger partial charge on any atom is 0.118 e. The van der Waals surface area contributed by atoms with Crippen molar-refractivity contribution >= 4 is 54.4 Å². The lowest BCUT2D eigenvalue weighted by molar-refractivity contribution is 0.414. The van der Waals surface area contributed by atoms with Gasteiger partial charge in [-0.05, 0) is 116 Å². The Balaban J connectivity index is 0.000000206. The Bertz CT molecular complexity index is 1320. The fraction of sp³-hybridized carbons (Fsp3) is 0.200. The summed E-state index contributed by atoms with van der Waals surface area (Å²) in [5.74, 6) is 3.18. The predicted molar refractivity (Wildman–Crippen MR) is 163 cm³/mol. The standard InChI is InChI=1S/C15H15BrO2S.C15H15BrOS/c1-11-3-8-14(16)15(9-11)19(17)10-12-4-6-13(18-2)7-5-12;1-11-3-8-14(16)15(9-11)18-10-12-4-6-13(17-2)7-5-12/h3-9H,10H2,1-2H3;3-9H,10H2,1-2H3. The molecule has 0 aromatic heterocycles. The van der Waals surface area contributed by atoms with E-state index in [-0.39, 0.29) is 0 Å². The quantitative estimate of drug-likeness (QED) is 0.176. The second kappa shape index (κ2) is 14.8. The Hall–Kier alpha value is -2.06. The second-order valence-electron chi connectivity index (χ2n) is 8.34. The Morgan fingerprint density at radius 1 is 0.703 bits per heavy atom. The first-order valence-electron chi connectivity index (χ1n) is 11.6. The molecule has 3 nitrogen and oxygen atoms in total. The first-order chi connectivity index (χ1) is 17.8. The molecule has 37 heavy (non-hydrogen) atoms. The highest BCUT2D eigenvalue weighted by molar-refractivity contribution is 9.10. The number of hydrogen-bond donors (Lipinski definition) is 0. The molecule has 0 N–H and O–H groups in total. The molecular weight excluding hydrogens is 632 g/mol. The van der Waals surface area contributed by atoms with E-state index in [9.17, 15) is 4.21 Å². The third-order valence-electron chi connectivity index (χ3n) is 5.43. The zero-order valence-corrected chi connectivity index (χ0v) is 26.1. The van der Waals surface area contributed by atoms with E-state index in [2.05, 4.69) is 69.1 Å². The van der Waals surface area contributed by atoms with Crippen LogP contribution in [0, 0.1) is 13.8 Å². The number of rotatable bonds is 8. The van der Waals surface area contributed by atoms with Crippen molar-refractivity contribution < 1.29 is 13.7 Å². The van der Waals surface area contributed by atoms with Gasteiger partial charge < -0.3 is 9.47 Å². The lowest BCUT2D eigenvalue weighted by atomic mass is 10.2. The molecule has 0 spiro atoms. The van der Waals surface area contributed by atoms with E-state index in [0.717, 1.165) is 42.2 Å². The number of hydrogen-bond acceptors (Lipinski definition) is 4. The summed E-state index contributed by atoms with van der Waals surface area (Å²) in [6, 6.07) is 28.2. The van der Waals surface area contributed by atoms with Crippen LogP contribution in [-0.2, 0) is 22.3 Å². The molecule has 4 aromatic rings. The summed E-state index contributed by atoms with van der Waals surface area (Å²) in [6.45, 7) is 4.12. The van der Waals surface area contributed by atoms with Gasteiger partial charge in [-0.1, -0.05) is 36.4 Å². The van der Waals surface area contributed by atoms with Crippen LogP contribution in [-0.4, -0.2) is 18.4 Å². The van der Waals surface area contributed by atoms with Gasteiger partial charge >= 0.3 is 0 Å². The number of methoxy groups -OCH3 is 2. The smallest absolute Gasteiger partial charge is 0.118 e. The molecule has 0 saturated carbocycles. The molecule has 0 amide bonds. The van der Waals surface area contributed by atoms with Crippen LogP contribution in [0.4, 0.5) is 0 Å². The van der Waals surface area contributed by atoms with Crippen LogP contribution >= 0.6 is 43.6 Å². The fourth-order valence-corrected chi connectivity index (χ4v) is 6.96. The minimum atomic E-state index is -1.05. The van der Waals surface area contributed by atoms with Gasteiger partial charge in [0, 0.05) is 19.6 Å². The monoisotopic (exact) mass is 660 g/mol. The number of halogens is 2. The largest absolute Gasteiger partial charge is 0.497 e. The van der Waals surface area contributed by atoms with Crippen LogP contribution in [0.15, 0.2) is 104 Å². The number of ether oxygens (including phenoxy) is 2. The minimum absolute atomic E-state index is 0.506. The average molecular weight is 663 g/mol. The summed E-state index contributed by atoms with van der Waals surface area (Å²) >= 11 is 8.88. The van der Waals surface area contributed by atoms with Crippen LogP contribution in [0.5, 0.6) is 11.5 Å². The average Bonchev–Trinajstić information content (AvgIpc) is 2.91. The van der Waals surface area contributed by atoms with Crippen LogP contribution in [0.25, 0.3) is 0 Å². The Morgan fingerprint density at radius 2 is 1.22 bits per heavy atom. The lowest BCUT2D eigenvalue weighted by Gasteiger charge is -2.07. The molecule has 7 heteroatoms. The van der Waals surface area contributed by atoms with Gasteiger partial charge in [-0.3, -0.25) is 4.21 Å².